The van der Waals surface area contributed by atoms with E-state index < -0.39 is 5.82 Å². The van der Waals surface area contributed by atoms with E-state index in [-0.39, 0.29) is 17.7 Å². The number of nitrogens with one attached hydrogen (secondary N) is 2. The van der Waals surface area contributed by atoms with Crippen molar-refractivity contribution in [1.82, 2.24) is 0 Å². The summed E-state index contributed by atoms with van der Waals surface area (Å²) in [5.41, 5.74) is 1.17. The molecular weight excluding hydrogens is 235 g/mol. The summed E-state index contributed by atoms with van der Waals surface area (Å²) in [6.07, 6.45) is 0.818. The van der Waals surface area contributed by atoms with Crippen molar-refractivity contribution in [3.63, 3.8) is 0 Å². The zero-order valence-electron chi connectivity index (χ0n) is 9.79. The van der Waals surface area contributed by atoms with Crippen LogP contribution in [-0.4, -0.2) is 16.4 Å². The van der Waals surface area contributed by atoms with Crippen LogP contribution in [0, 0.1) is 5.82 Å². The zero-order chi connectivity index (χ0) is 12.9. The summed E-state index contributed by atoms with van der Waals surface area (Å²) in [6.45, 7) is 2.00. The Labute approximate surface area is 103 Å². The highest BCUT2D eigenvalue weighted by molar-refractivity contribution is 6.08. The number of phenols is 2. The fourth-order valence-electron chi connectivity index (χ4n) is 2.31. The minimum absolute atomic E-state index is 0.000882. The van der Waals surface area contributed by atoms with E-state index in [4.69, 9.17) is 0 Å². The van der Waals surface area contributed by atoms with Crippen molar-refractivity contribution in [2.24, 2.45) is 0 Å². The second-order valence-electron chi connectivity index (χ2n) is 4.39. The second-order valence-corrected chi connectivity index (χ2v) is 4.39. The fraction of sp³-hybridized carbons (Fsp3) is 0.231. The van der Waals surface area contributed by atoms with Gasteiger partial charge in [-0.2, -0.15) is 0 Å². The lowest BCUT2D eigenvalue weighted by atomic mass is 10.1. The molecule has 3 rings (SSSR count). The molecule has 5 heteroatoms. The van der Waals surface area contributed by atoms with Crippen LogP contribution >= 0.6 is 0 Å². The molecule has 0 radical (unpaired) electrons. The highest BCUT2D eigenvalue weighted by atomic mass is 19.1. The summed E-state index contributed by atoms with van der Waals surface area (Å²) in [7, 11) is 0. The number of fused-ring (bicyclic) bond motifs is 3. The van der Waals surface area contributed by atoms with Crippen LogP contribution in [0.5, 0.6) is 11.5 Å². The van der Waals surface area contributed by atoms with E-state index >= 15 is 0 Å². The SMILES string of the molecule is CCC1Nc2c(O)c(O)c3cc(F)ccc3c2N1. The van der Waals surface area contributed by atoms with Crippen LogP contribution in [0.25, 0.3) is 10.8 Å². The lowest BCUT2D eigenvalue weighted by molar-refractivity contribution is 0.410. The molecule has 0 bridgehead atoms. The largest absolute Gasteiger partial charge is 0.504 e. The molecule has 0 saturated heterocycles. The summed E-state index contributed by atoms with van der Waals surface area (Å²) in [6, 6.07) is 4.14. The number of phenolic OH excluding ortho intramolecular Hbond substituents is 2. The lowest BCUT2D eigenvalue weighted by Gasteiger charge is -2.09. The Morgan fingerprint density at radius 2 is 1.83 bits per heavy atom. The van der Waals surface area contributed by atoms with Gasteiger partial charge in [-0.3, -0.25) is 0 Å². The Kier molecular flexibility index (Phi) is 2.23. The van der Waals surface area contributed by atoms with Gasteiger partial charge in [0, 0.05) is 10.8 Å². The Hall–Kier alpha value is -2.17. The van der Waals surface area contributed by atoms with Gasteiger partial charge in [-0.15, -0.1) is 0 Å². The van der Waals surface area contributed by atoms with Crippen LogP contribution in [0.3, 0.4) is 0 Å². The van der Waals surface area contributed by atoms with Crippen LogP contribution in [0.15, 0.2) is 18.2 Å². The topological polar surface area (TPSA) is 64.5 Å². The first-order valence-electron chi connectivity index (χ1n) is 5.82. The molecule has 94 valence electrons. The Bertz CT molecular complexity index is 643. The number of benzene rings is 2. The van der Waals surface area contributed by atoms with Crippen molar-refractivity contribution in [2.75, 3.05) is 10.6 Å². The molecule has 1 aliphatic rings. The van der Waals surface area contributed by atoms with E-state index in [2.05, 4.69) is 10.6 Å². The lowest BCUT2D eigenvalue weighted by Crippen LogP contribution is -2.20. The minimum atomic E-state index is -0.449. The zero-order valence-corrected chi connectivity index (χ0v) is 9.79. The molecule has 2 aromatic carbocycles. The maximum atomic E-state index is 13.2. The third kappa shape index (κ3) is 1.37. The smallest absolute Gasteiger partial charge is 0.184 e. The molecule has 2 aromatic rings. The number of aromatic hydroxyl groups is 2. The molecule has 1 unspecified atom stereocenters. The van der Waals surface area contributed by atoms with Crippen molar-refractivity contribution < 1.29 is 14.6 Å². The van der Waals surface area contributed by atoms with E-state index in [1.165, 1.54) is 12.1 Å². The molecule has 4 nitrogen and oxygen atoms in total. The van der Waals surface area contributed by atoms with E-state index in [0.717, 1.165) is 6.42 Å². The van der Waals surface area contributed by atoms with Gasteiger partial charge < -0.3 is 20.8 Å². The highest BCUT2D eigenvalue weighted by Crippen LogP contribution is 2.49. The average Bonchev–Trinajstić information content (AvgIpc) is 2.80. The highest BCUT2D eigenvalue weighted by Gasteiger charge is 2.26. The minimum Gasteiger partial charge on any atom is -0.504 e. The molecule has 0 aliphatic carbocycles. The van der Waals surface area contributed by atoms with Crippen LogP contribution < -0.4 is 10.6 Å². The van der Waals surface area contributed by atoms with Gasteiger partial charge in [0.2, 0.25) is 0 Å². The Morgan fingerprint density at radius 3 is 2.56 bits per heavy atom. The van der Waals surface area contributed by atoms with Crippen LogP contribution in [0.1, 0.15) is 13.3 Å². The molecule has 0 saturated carbocycles. The predicted molar refractivity (Wildman–Crippen MR) is 68.6 cm³/mol. The first-order valence-corrected chi connectivity index (χ1v) is 5.82. The predicted octanol–water partition coefficient (Wildman–Crippen LogP) is 2.96. The first kappa shape index (κ1) is 11.0. The van der Waals surface area contributed by atoms with Gasteiger partial charge in [0.05, 0.1) is 11.9 Å². The van der Waals surface area contributed by atoms with Gasteiger partial charge in [-0.05, 0) is 24.6 Å². The molecule has 1 aliphatic heterocycles. The van der Waals surface area contributed by atoms with Crippen molar-refractivity contribution in [1.29, 1.82) is 0 Å². The molecule has 0 spiro atoms. The van der Waals surface area contributed by atoms with Gasteiger partial charge in [-0.1, -0.05) is 6.92 Å². The van der Waals surface area contributed by atoms with Gasteiger partial charge in [0.25, 0.3) is 0 Å². The van der Waals surface area contributed by atoms with E-state index in [9.17, 15) is 14.6 Å². The summed E-state index contributed by atoms with van der Waals surface area (Å²) in [5.74, 6) is -0.990. The molecular formula is C13H13FN2O2. The van der Waals surface area contributed by atoms with Crippen LogP contribution in [0.2, 0.25) is 0 Å². The standard InChI is InChI=1S/C13H13FN2O2/c1-2-9-15-10-7-4-3-6(14)5-8(7)12(17)13(18)11(10)16-9/h3-5,9,15-18H,2H2,1H3. The van der Waals surface area contributed by atoms with Crippen molar-refractivity contribution in [2.45, 2.75) is 19.5 Å². The van der Waals surface area contributed by atoms with Gasteiger partial charge in [0.1, 0.15) is 11.5 Å². The molecule has 0 fully saturated rings. The number of rotatable bonds is 1. The number of hydrogen-bond acceptors (Lipinski definition) is 4. The van der Waals surface area contributed by atoms with Crippen molar-refractivity contribution in [3.8, 4) is 11.5 Å². The number of hydrogen-bond donors (Lipinski definition) is 4. The summed E-state index contributed by atoms with van der Waals surface area (Å²) < 4.78 is 13.2. The monoisotopic (exact) mass is 248 g/mol. The first-order chi connectivity index (χ1) is 8.61. The number of halogens is 1. The average molecular weight is 248 g/mol. The molecule has 0 aromatic heterocycles. The van der Waals surface area contributed by atoms with Crippen LogP contribution in [-0.2, 0) is 0 Å². The quantitative estimate of drug-likeness (QED) is 0.463. The molecule has 18 heavy (non-hydrogen) atoms. The third-order valence-electron chi connectivity index (χ3n) is 3.26. The maximum absolute atomic E-state index is 13.2. The van der Waals surface area contributed by atoms with Gasteiger partial charge in [-0.25, -0.2) is 4.39 Å². The molecule has 1 atom stereocenters. The second kappa shape index (κ2) is 3.66. The van der Waals surface area contributed by atoms with Crippen molar-refractivity contribution in [3.05, 3.63) is 24.0 Å². The fourth-order valence-corrected chi connectivity index (χ4v) is 2.31. The number of anilines is 2. The summed E-state index contributed by atoms with van der Waals surface area (Å²) >= 11 is 0. The van der Waals surface area contributed by atoms with E-state index in [0.29, 0.717) is 22.1 Å². The Morgan fingerprint density at radius 1 is 1.11 bits per heavy atom. The van der Waals surface area contributed by atoms with Crippen molar-refractivity contribution >= 4 is 22.1 Å². The maximum Gasteiger partial charge on any atom is 0.184 e. The molecule has 1 heterocycles. The van der Waals surface area contributed by atoms with E-state index in [1.807, 2.05) is 6.92 Å². The van der Waals surface area contributed by atoms with Gasteiger partial charge in [0.15, 0.2) is 11.5 Å². The van der Waals surface area contributed by atoms with Crippen LogP contribution in [0.4, 0.5) is 15.8 Å². The third-order valence-corrected chi connectivity index (χ3v) is 3.26. The summed E-state index contributed by atoms with van der Waals surface area (Å²) in [4.78, 5) is 0. The summed E-state index contributed by atoms with van der Waals surface area (Å²) in [5, 5.41) is 27.2. The Balaban J connectivity index is 2.34. The van der Waals surface area contributed by atoms with E-state index in [1.54, 1.807) is 6.07 Å². The molecule has 0 amide bonds. The van der Waals surface area contributed by atoms with Gasteiger partial charge >= 0.3 is 0 Å². The normalized spacial score (nSPS) is 17.3. The molecule has 4 N–H and O–H groups in total.